The summed E-state index contributed by atoms with van der Waals surface area (Å²) in [7, 11) is 0.981. The first-order chi connectivity index (χ1) is 17.3. The molecule has 6 aromatic rings. The smallest absolute Gasteiger partial charge is 0.127 e. The van der Waals surface area contributed by atoms with Crippen LogP contribution in [0.15, 0.2) is 133 Å². The van der Waals surface area contributed by atoms with Crippen LogP contribution >= 0.6 is 21.4 Å². The number of ether oxygens (including phenoxy) is 1. The predicted molar refractivity (Wildman–Crippen MR) is 160 cm³/mol. The van der Waals surface area contributed by atoms with Crippen LogP contribution in [0.25, 0.3) is 32.7 Å². The molecule has 0 unspecified atom stereocenters. The summed E-state index contributed by atoms with van der Waals surface area (Å²) >= 11 is 0. The van der Waals surface area contributed by atoms with Gasteiger partial charge in [0.1, 0.15) is 5.75 Å². The Hall–Kier alpha value is -3.58. The fourth-order valence-electron chi connectivity index (χ4n) is 4.97. The van der Waals surface area contributed by atoms with E-state index in [1.165, 1.54) is 43.0 Å². The summed E-state index contributed by atoms with van der Waals surface area (Å²) < 4.78 is 6.01. The van der Waals surface area contributed by atoms with Gasteiger partial charge in [0.15, 0.2) is 0 Å². The topological polar surface area (TPSA) is 9.23 Å². The molecular weight excluding hydrogens is 475 g/mol. The maximum Gasteiger partial charge on any atom is 0.127 e. The molecule has 1 nitrogen and oxygen atoms in total. The second-order valence-corrected chi connectivity index (χ2v) is 10.7. The van der Waals surface area contributed by atoms with Gasteiger partial charge >= 0.3 is 0 Å². The largest absolute Gasteiger partial charge is 0.496 e. The van der Waals surface area contributed by atoms with Gasteiger partial charge in [-0.25, -0.2) is 0 Å². The molecule has 36 heavy (non-hydrogen) atoms. The molecule has 0 amide bonds. The summed E-state index contributed by atoms with van der Waals surface area (Å²) in [4.78, 5) is 0. The molecule has 0 aliphatic carbocycles. The molecule has 0 N–H and O–H groups in total. The van der Waals surface area contributed by atoms with Crippen LogP contribution in [-0.4, -0.2) is 7.11 Å². The van der Waals surface area contributed by atoms with Crippen LogP contribution in [0.1, 0.15) is 0 Å². The fourth-order valence-corrected chi connectivity index (χ4v) is 7.44. The Morgan fingerprint density at radius 2 is 0.944 bits per heavy atom. The molecule has 0 aliphatic rings. The molecule has 174 valence electrons. The summed E-state index contributed by atoms with van der Waals surface area (Å²) in [5, 5.41) is 8.92. The van der Waals surface area contributed by atoms with Gasteiger partial charge in [0.25, 0.3) is 0 Å². The van der Waals surface area contributed by atoms with Crippen LogP contribution < -0.4 is 20.7 Å². The molecule has 6 rings (SSSR count). The van der Waals surface area contributed by atoms with Crippen LogP contribution in [0.2, 0.25) is 0 Å². The van der Waals surface area contributed by atoms with Crippen molar-refractivity contribution in [3.8, 4) is 16.9 Å². The Labute approximate surface area is 220 Å². The number of methoxy groups -OCH3 is 1. The van der Waals surface area contributed by atoms with Crippen LogP contribution in [0, 0.1) is 0 Å². The third-order valence-corrected chi connectivity index (χ3v) is 9.02. The van der Waals surface area contributed by atoms with Crippen molar-refractivity contribution in [2.24, 2.45) is 0 Å². The van der Waals surface area contributed by atoms with Gasteiger partial charge in [-0.2, -0.15) is 0 Å². The van der Waals surface area contributed by atoms with Crippen molar-refractivity contribution in [1.82, 2.24) is 0 Å². The Balaban J connectivity index is 0.00000267. The first-order valence-electron chi connectivity index (χ1n) is 11.8. The van der Waals surface area contributed by atoms with Crippen molar-refractivity contribution < 1.29 is 4.74 Å². The van der Waals surface area contributed by atoms with E-state index in [9.17, 15) is 0 Å². The molecule has 2 radical (unpaired) electrons. The van der Waals surface area contributed by atoms with E-state index < -0.39 is 7.92 Å². The number of hydrogen-bond acceptors (Lipinski definition) is 1. The van der Waals surface area contributed by atoms with Crippen molar-refractivity contribution in [2.75, 3.05) is 7.11 Å². The molecule has 0 fully saturated rings. The summed E-state index contributed by atoms with van der Waals surface area (Å²) in [6, 6.07) is 48.0. The quantitative estimate of drug-likeness (QED) is 0.218. The molecule has 0 aromatic heterocycles. The molecule has 6 aromatic carbocycles. The molecule has 0 saturated heterocycles. The van der Waals surface area contributed by atoms with Crippen molar-refractivity contribution in [3.05, 3.63) is 133 Å². The highest BCUT2D eigenvalue weighted by Gasteiger charge is 2.24. The highest BCUT2D eigenvalue weighted by atomic mass is 32.1. The molecule has 0 bridgehead atoms. The number of fused-ring (bicyclic) bond motifs is 2. The van der Waals surface area contributed by atoms with Gasteiger partial charge in [-0.15, -0.1) is 0 Å². The monoisotopic (exact) mass is 500 g/mol. The number of rotatable bonds is 5. The van der Waals surface area contributed by atoms with Gasteiger partial charge in [0, 0.05) is 24.6 Å². The molecule has 3 heteroatoms. The molecule has 0 saturated carbocycles. The van der Waals surface area contributed by atoms with Crippen molar-refractivity contribution in [2.45, 2.75) is 0 Å². The van der Waals surface area contributed by atoms with E-state index in [-0.39, 0.29) is 13.5 Å². The van der Waals surface area contributed by atoms with Gasteiger partial charge in [0.2, 0.25) is 0 Å². The van der Waals surface area contributed by atoms with Crippen LogP contribution in [0.4, 0.5) is 0 Å². The summed E-state index contributed by atoms with van der Waals surface area (Å²) in [5.74, 6) is 0.900. The lowest BCUT2D eigenvalue weighted by molar-refractivity contribution is 0.417. The Kier molecular flexibility index (Phi) is 7.09. The minimum Gasteiger partial charge on any atom is -0.496 e. The summed E-state index contributed by atoms with van der Waals surface area (Å²) in [6.07, 6.45) is 0. The molecule has 0 aliphatic heterocycles. The molecular formula is C33H25OPS. The second-order valence-electron chi connectivity index (χ2n) is 8.55. The third kappa shape index (κ3) is 4.28. The standard InChI is InChI=1S/C33H25OP.S/c1-34-30-22-20-24-12-8-10-18-28(24)32(30)33-29-19-11-9-13-25(29)21-23-31(33)35(26-14-4-2-5-15-26)27-16-6-3-7-17-27;/h2-23H,1H3;. The highest BCUT2D eigenvalue weighted by molar-refractivity contribution is 7.80. The highest BCUT2D eigenvalue weighted by Crippen LogP contribution is 2.45. The van der Waals surface area contributed by atoms with E-state index in [2.05, 4.69) is 133 Å². The molecule has 0 spiro atoms. The first-order valence-corrected chi connectivity index (χ1v) is 13.2. The third-order valence-electron chi connectivity index (χ3n) is 6.54. The zero-order chi connectivity index (χ0) is 23.6. The zero-order valence-electron chi connectivity index (χ0n) is 20.0. The van der Waals surface area contributed by atoms with Gasteiger partial charge in [-0.3, -0.25) is 0 Å². The van der Waals surface area contributed by atoms with Crippen LogP contribution in [0.3, 0.4) is 0 Å². The van der Waals surface area contributed by atoms with Crippen LogP contribution in [-0.2, 0) is 0 Å². The van der Waals surface area contributed by atoms with Crippen molar-refractivity contribution in [1.29, 1.82) is 0 Å². The fraction of sp³-hybridized carbons (Fsp3) is 0.0303. The van der Waals surface area contributed by atoms with E-state index in [0.717, 1.165) is 11.3 Å². The average molecular weight is 501 g/mol. The second kappa shape index (κ2) is 10.6. The molecule has 0 heterocycles. The lowest BCUT2D eigenvalue weighted by Gasteiger charge is -2.25. The Bertz CT molecular complexity index is 1590. The Morgan fingerprint density at radius 1 is 0.472 bits per heavy atom. The summed E-state index contributed by atoms with van der Waals surface area (Å²) in [6.45, 7) is 0. The predicted octanol–water partition coefficient (Wildman–Crippen LogP) is 8.08. The molecule has 0 atom stereocenters. The summed E-state index contributed by atoms with van der Waals surface area (Å²) in [5.41, 5.74) is 2.42. The maximum atomic E-state index is 6.01. The average Bonchev–Trinajstić information content (AvgIpc) is 2.94. The number of benzene rings is 6. The van der Waals surface area contributed by atoms with Crippen molar-refractivity contribution >= 4 is 58.9 Å². The van der Waals surface area contributed by atoms with Gasteiger partial charge < -0.3 is 4.74 Å². The van der Waals surface area contributed by atoms with Gasteiger partial charge in [-0.1, -0.05) is 127 Å². The van der Waals surface area contributed by atoms with Gasteiger partial charge in [0.05, 0.1) is 7.11 Å². The van der Waals surface area contributed by atoms with Crippen LogP contribution in [0.5, 0.6) is 5.75 Å². The first kappa shape index (κ1) is 24.1. The normalized spacial score (nSPS) is 10.9. The Morgan fingerprint density at radius 3 is 1.50 bits per heavy atom. The SMILES string of the molecule is COc1ccc2ccccc2c1-c1c(P(c2ccccc2)c2ccccc2)ccc2ccccc12.[S]. The van der Waals surface area contributed by atoms with E-state index in [4.69, 9.17) is 4.74 Å². The van der Waals surface area contributed by atoms with E-state index in [0.29, 0.717) is 0 Å². The lowest BCUT2D eigenvalue weighted by Crippen LogP contribution is -2.22. The minimum atomic E-state index is -0.792. The van der Waals surface area contributed by atoms with E-state index in [1.807, 2.05) is 0 Å². The van der Waals surface area contributed by atoms with E-state index >= 15 is 0 Å². The zero-order valence-corrected chi connectivity index (χ0v) is 21.7. The van der Waals surface area contributed by atoms with Crippen molar-refractivity contribution in [3.63, 3.8) is 0 Å². The van der Waals surface area contributed by atoms with E-state index in [1.54, 1.807) is 7.11 Å². The minimum absolute atomic E-state index is 0. The maximum absolute atomic E-state index is 6.01. The number of hydrogen-bond donors (Lipinski definition) is 0. The lowest BCUT2D eigenvalue weighted by atomic mass is 9.93. The van der Waals surface area contributed by atoms with Gasteiger partial charge in [-0.05, 0) is 51.4 Å².